The molecule has 0 aliphatic rings. The Bertz CT molecular complexity index is 304. The van der Waals surface area contributed by atoms with E-state index in [-0.39, 0.29) is 0 Å². The molecule has 0 saturated carbocycles. The Morgan fingerprint density at radius 1 is 1.19 bits per heavy atom. The summed E-state index contributed by atoms with van der Waals surface area (Å²) in [6.45, 7) is 5.06. The lowest BCUT2D eigenvalue weighted by molar-refractivity contribution is 0.611. The number of aryl methyl sites for hydroxylation is 2. The predicted molar refractivity (Wildman–Crippen MR) is 66.3 cm³/mol. The first-order valence-corrected chi connectivity index (χ1v) is 6.25. The fraction of sp³-hybridized carbons (Fsp3) is 0.833. The average molecular weight is 224 g/mol. The van der Waals surface area contributed by atoms with Crippen molar-refractivity contribution in [3.05, 3.63) is 11.6 Å². The molecule has 4 nitrogen and oxygen atoms in total. The number of nitrogens with zero attached hydrogens (tertiary/aromatic N) is 3. The van der Waals surface area contributed by atoms with Crippen LogP contribution in [0.3, 0.4) is 0 Å². The van der Waals surface area contributed by atoms with Gasteiger partial charge in [-0.1, -0.05) is 26.7 Å². The number of unbranched alkanes of at least 4 members (excludes halogenated alkanes) is 3. The Balaban J connectivity index is 2.36. The Labute approximate surface area is 98.2 Å². The minimum absolute atomic E-state index is 0.414. The van der Waals surface area contributed by atoms with Crippen LogP contribution < -0.4 is 5.73 Å². The fourth-order valence-corrected chi connectivity index (χ4v) is 1.68. The minimum atomic E-state index is 0.414. The van der Waals surface area contributed by atoms with Crippen LogP contribution in [0.2, 0.25) is 0 Å². The summed E-state index contributed by atoms with van der Waals surface area (Å²) in [6.07, 6.45) is 5.81. The molecule has 1 aromatic heterocycles. The molecule has 0 fully saturated rings. The quantitative estimate of drug-likeness (QED) is 0.721. The summed E-state index contributed by atoms with van der Waals surface area (Å²) >= 11 is 0. The molecule has 0 unspecified atom stereocenters. The third-order valence-corrected chi connectivity index (χ3v) is 2.74. The first-order valence-electron chi connectivity index (χ1n) is 6.25. The van der Waals surface area contributed by atoms with Gasteiger partial charge in [-0.2, -0.15) is 5.10 Å². The Kier molecular flexibility index (Phi) is 5.46. The summed E-state index contributed by atoms with van der Waals surface area (Å²) in [5.74, 6) is 2.48. The van der Waals surface area contributed by atoms with Gasteiger partial charge in [-0.3, -0.25) is 4.68 Å². The molecule has 0 aliphatic carbocycles. The van der Waals surface area contributed by atoms with Crippen LogP contribution in [0.4, 0.5) is 0 Å². The highest BCUT2D eigenvalue weighted by atomic mass is 15.3. The van der Waals surface area contributed by atoms with Gasteiger partial charge in [0.05, 0.1) is 0 Å². The third kappa shape index (κ3) is 3.93. The highest BCUT2D eigenvalue weighted by Crippen LogP contribution is 2.11. The van der Waals surface area contributed by atoms with E-state index >= 15 is 0 Å². The zero-order chi connectivity index (χ0) is 12.0. The molecule has 0 aliphatic heterocycles. The number of rotatable bonds is 7. The van der Waals surface area contributed by atoms with Gasteiger partial charge in [-0.15, -0.1) is 0 Å². The largest absolute Gasteiger partial charge is 0.330 e. The van der Waals surface area contributed by atoms with Crippen LogP contribution in [0.15, 0.2) is 0 Å². The second kappa shape index (κ2) is 6.63. The molecule has 1 rings (SSSR count). The molecular formula is C12H24N4. The summed E-state index contributed by atoms with van der Waals surface area (Å²) in [4.78, 5) is 4.55. The minimum Gasteiger partial charge on any atom is -0.330 e. The summed E-state index contributed by atoms with van der Waals surface area (Å²) in [5.41, 5.74) is 5.46. The van der Waals surface area contributed by atoms with E-state index in [2.05, 4.69) is 23.9 Å². The molecule has 0 aromatic carbocycles. The average Bonchev–Trinajstić information content (AvgIpc) is 2.60. The second-order valence-corrected chi connectivity index (χ2v) is 4.62. The summed E-state index contributed by atoms with van der Waals surface area (Å²) < 4.78 is 1.91. The Morgan fingerprint density at radius 2 is 1.88 bits per heavy atom. The predicted octanol–water partition coefficient (Wildman–Crippen LogP) is 2.00. The van der Waals surface area contributed by atoms with Gasteiger partial charge in [0.15, 0.2) is 5.82 Å². The van der Waals surface area contributed by atoms with Gasteiger partial charge in [-0.05, 0) is 19.4 Å². The van der Waals surface area contributed by atoms with E-state index in [0.29, 0.717) is 5.92 Å². The fourth-order valence-electron chi connectivity index (χ4n) is 1.68. The lowest BCUT2D eigenvalue weighted by Gasteiger charge is -1.99. The smallest absolute Gasteiger partial charge is 0.153 e. The lowest BCUT2D eigenvalue weighted by Crippen LogP contribution is -2.00. The standard InChI is InChI=1S/C12H24N4/c1-10(2)12-14-11(16(3)15-12)8-6-4-5-7-9-13/h10H,4-9,13H2,1-3H3. The van der Waals surface area contributed by atoms with Crippen LogP contribution in [-0.2, 0) is 13.5 Å². The topological polar surface area (TPSA) is 56.7 Å². The first kappa shape index (κ1) is 13.2. The summed E-state index contributed by atoms with van der Waals surface area (Å²) in [6, 6.07) is 0. The number of hydrogen-bond donors (Lipinski definition) is 1. The number of aromatic nitrogens is 3. The zero-order valence-electron chi connectivity index (χ0n) is 10.7. The highest BCUT2D eigenvalue weighted by molar-refractivity contribution is 4.96. The molecule has 0 radical (unpaired) electrons. The Hall–Kier alpha value is -0.900. The van der Waals surface area contributed by atoms with Gasteiger partial charge in [0.25, 0.3) is 0 Å². The van der Waals surface area contributed by atoms with Crippen molar-refractivity contribution in [2.45, 2.75) is 51.9 Å². The van der Waals surface area contributed by atoms with E-state index < -0.39 is 0 Å². The Morgan fingerprint density at radius 3 is 2.44 bits per heavy atom. The van der Waals surface area contributed by atoms with Crippen molar-refractivity contribution < 1.29 is 0 Å². The molecule has 0 atom stereocenters. The van der Waals surface area contributed by atoms with Crippen LogP contribution in [0.25, 0.3) is 0 Å². The SMILES string of the molecule is CC(C)c1nc(CCCCCCN)n(C)n1. The normalized spacial score (nSPS) is 11.3. The van der Waals surface area contributed by atoms with E-state index in [1.807, 2.05) is 11.7 Å². The van der Waals surface area contributed by atoms with Gasteiger partial charge >= 0.3 is 0 Å². The van der Waals surface area contributed by atoms with Gasteiger partial charge in [-0.25, -0.2) is 4.98 Å². The van der Waals surface area contributed by atoms with Crippen molar-refractivity contribution in [2.24, 2.45) is 12.8 Å². The molecule has 16 heavy (non-hydrogen) atoms. The van der Waals surface area contributed by atoms with E-state index in [9.17, 15) is 0 Å². The maximum absolute atomic E-state index is 5.46. The molecular weight excluding hydrogens is 200 g/mol. The molecule has 0 bridgehead atoms. The molecule has 2 N–H and O–H groups in total. The number of nitrogens with two attached hydrogens (primary N) is 1. The van der Waals surface area contributed by atoms with E-state index in [0.717, 1.165) is 31.0 Å². The molecule has 92 valence electrons. The lowest BCUT2D eigenvalue weighted by atomic mass is 10.1. The molecule has 1 aromatic rings. The van der Waals surface area contributed by atoms with Gasteiger partial charge in [0, 0.05) is 19.4 Å². The second-order valence-electron chi connectivity index (χ2n) is 4.62. The van der Waals surface area contributed by atoms with E-state index in [1.165, 1.54) is 19.3 Å². The highest BCUT2D eigenvalue weighted by Gasteiger charge is 2.09. The van der Waals surface area contributed by atoms with Crippen LogP contribution >= 0.6 is 0 Å². The molecule has 1 heterocycles. The van der Waals surface area contributed by atoms with Crippen molar-refractivity contribution in [2.75, 3.05) is 6.54 Å². The molecule has 0 spiro atoms. The van der Waals surface area contributed by atoms with Gasteiger partial charge in [0.1, 0.15) is 5.82 Å². The monoisotopic (exact) mass is 224 g/mol. The van der Waals surface area contributed by atoms with Crippen LogP contribution in [-0.4, -0.2) is 21.3 Å². The molecule has 4 heteroatoms. The summed E-state index contributed by atoms with van der Waals surface area (Å²) in [7, 11) is 1.98. The van der Waals surface area contributed by atoms with Crippen molar-refractivity contribution in [1.82, 2.24) is 14.8 Å². The van der Waals surface area contributed by atoms with E-state index in [4.69, 9.17) is 5.73 Å². The maximum Gasteiger partial charge on any atom is 0.153 e. The third-order valence-electron chi connectivity index (χ3n) is 2.74. The van der Waals surface area contributed by atoms with E-state index in [1.54, 1.807) is 0 Å². The number of hydrogen-bond acceptors (Lipinski definition) is 3. The van der Waals surface area contributed by atoms with Crippen molar-refractivity contribution in [3.8, 4) is 0 Å². The van der Waals surface area contributed by atoms with Crippen LogP contribution in [0.1, 0.15) is 57.1 Å². The maximum atomic E-state index is 5.46. The first-order chi connectivity index (χ1) is 7.65. The van der Waals surface area contributed by atoms with Crippen molar-refractivity contribution in [3.63, 3.8) is 0 Å². The zero-order valence-corrected chi connectivity index (χ0v) is 10.7. The van der Waals surface area contributed by atoms with Gasteiger partial charge < -0.3 is 5.73 Å². The van der Waals surface area contributed by atoms with Crippen molar-refractivity contribution >= 4 is 0 Å². The van der Waals surface area contributed by atoms with Crippen molar-refractivity contribution in [1.29, 1.82) is 0 Å². The van der Waals surface area contributed by atoms with Crippen LogP contribution in [0.5, 0.6) is 0 Å². The summed E-state index contributed by atoms with van der Waals surface area (Å²) in [5, 5.41) is 4.41. The van der Waals surface area contributed by atoms with Gasteiger partial charge in [0.2, 0.25) is 0 Å². The van der Waals surface area contributed by atoms with Crippen LogP contribution in [0, 0.1) is 0 Å². The molecule has 0 saturated heterocycles. The molecule has 0 amide bonds.